The van der Waals surface area contributed by atoms with Crippen molar-refractivity contribution in [2.75, 3.05) is 0 Å². The Morgan fingerprint density at radius 1 is 1.19 bits per heavy atom. The molecular formula is C16H13FN2O2. The van der Waals surface area contributed by atoms with Gasteiger partial charge in [-0.25, -0.2) is 4.39 Å². The van der Waals surface area contributed by atoms with E-state index >= 15 is 0 Å². The lowest BCUT2D eigenvalue weighted by atomic mass is 9.85. The van der Waals surface area contributed by atoms with Gasteiger partial charge in [-0.15, -0.1) is 0 Å². The molecule has 0 bridgehead atoms. The second kappa shape index (κ2) is 5.13. The van der Waals surface area contributed by atoms with Crippen molar-refractivity contribution in [2.24, 2.45) is 11.8 Å². The second-order valence-corrected chi connectivity index (χ2v) is 5.34. The molecule has 1 aromatic carbocycles. The third kappa shape index (κ3) is 2.23. The van der Waals surface area contributed by atoms with Gasteiger partial charge in [0, 0.05) is 5.56 Å². The molecule has 1 aliphatic heterocycles. The minimum Gasteiger partial charge on any atom is -0.277 e. The maximum absolute atomic E-state index is 13.9. The number of rotatable bonds is 2. The molecule has 2 atom stereocenters. The summed E-state index contributed by atoms with van der Waals surface area (Å²) in [5.41, 5.74) is 0.468. The van der Waals surface area contributed by atoms with Gasteiger partial charge in [-0.3, -0.25) is 14.5 Å². The Morgan fingerprint density at radius 3 is 2.33 bits per heavy atom. The number of carbonyl (C=O) groups excluding carboxylic acids is 2. The van der Waals surface area contributed by atoms with Gasteiger partial charge in [-0.2, -0.15) is 5.26 Å². The van der Waals surface area contributed by atoms with Crippen LogP contribution in [0, 0.1) is 29.0 Å². The summed E-state index contributed by atoms with van der Waals surface area (Å²) in [4.78, 5) is 25.7. The highest BCUT2D eigenvalue weighted by molar-refractivity contribution is 6.05. The van der Waals surface area contributed by atoms with Gasteiger partial charge in [0.05, 0.1) is 30.0 Å². The largest absolute Gasteiger partial charge is 0.277 e. The number of fused-ring (bicyclic) bond motifs is 1. The lowest BCUT2D eigenvalue weighted by Gasteiger charge is -2.15. The zero-order valence-corrected chi connectivity index (χ0v) is 11.3. The Hall–Kier alpha value is -2.48. The molecule has 0 radical (unpaired) electrons. The SMILES string of the molecule is N#Cc1ccc(CN2C(=O)C3CC=CCC3C2=O)c(F)c1. The second-order valence-electron chi connectivity index (χ2n) is 5.34. The Morgan fingerprint density at radius 2 is 1.81 bits per heavy atom. The molecule has 2 amide bonds. The highest BCUT2D eigenvalue weighted by atomic mass is 19.1. The van der Waals surface area contributed by atoms with Crippen molar-refractivity contribution in [3.8, 4) is 6.07 Å². The molecular weight excluding hydrogens is 271 g/mol. The van der Waals surface area contributed by atoms with Crippen LogP contribution in [0.4, 0.5) is 4.39 Å². The molecule has 1 saturated heterocycles. The summed E-state index contributed by atoms with van der Waals surface area (Å²) in [6.07, 6.45) is 4.97. The van der Waals surface area contributed by atoms with Crippen molar-refractivity contribution in [1.29, 1.82) is 5.26 Å². The van der Waals surface area contributed by atoms with E-state index in [1.54, 1.807) is 0 Å². The third-order valence-electron chi connectivity index (χ3n) is 4.11. The minimum absolute atomic E-state index is 0.0673. The summed E-state index contributed by atoms with van der Waals surface area (Å²) in [7, 11) is 0. The van der Waals surface area contributed by atoms with Crippen LogP contribution in [-0.4, -0.2) is 16.7 Å². The number of imide groups is 1. The van der Waals surface area contributed by atoms with Crippen molar-refractivity contribution < 1.29 is 14.0 Å². The van der Waals surface area contributed by atoms with Crippen molar-refractivity contribution >= 4 is 11.8 Å². The average Bonchev–Trinajstić information content (AvgIpc) is 2.74. The monoisotopic (exact) mass is 284 g/mol. The number of hydrogen-bond donors (Lipinski definition) is 0. The molecule has 1 aromatic rings. The van der Waals surface area contributed by atoms with E-state index in [1.165, 1.54) is 12.1 Å². The first-order valence-electron chi connectivity index (χ1n) is 6.80. The zero-order valence-electron chi connectivity index (χ0n) is 11.3. The molecule has 106 valence electrons. The number of benzene rings is 1. The van der Waals surface area contributed by atoms with Crippen LogP contribution < -0.4 is 0 Å². The van der Waals surface area contributed by atoms with E-state index in [9.17, 15) is 14.0 Å². The fourth-order valence-electron chi connectivity index (χ4n) is 2.94. The van der Waals surface area contributed by atoms with Crippen molar-refractivity contribution in [1.82, 2.24) is 4.90 Å². The van der Waals surface area contributed by atoms with Gasteiger partial charge in [-0.1, -0.05) is 18.2 Å². The average molecular weight is 284 g/mol. The van der Waals surface area contributed by atoms with Gasteiger partial charge in [-0.05, 0) is 25.0 Å². The molecule has 1 fully saturated rings. The molecule has 2 aliphatic rings. The number of allylic oxidation sites excluding steroid dienone is 2. The Balaban J connectivity index is 1.84. The maximum Gasteiger partial charge on any atom is 0.233 e. The molecule has 21 heavy (non-hydrogen) atoms. The van der Waals surface area contributed by atoms with Crippen LogP contribution in [0.2, 0.25) is 0 Å². The van der Waals surface area contributed by atoms with Gasteiger partial charge in [0.15, 0.2) is 0 Å². The fourth-order valence-corrected chi connectivity index (χ4v) is 2.94. The Bertz CT molecular complexity index is 664. The van der Waals surface area contributed by atoms with Crippen LogP contribution in [0.25, 0.3) is 0 Å². The lowest BCUT2D eigenvalue weighted by molar-refractivity contribution is -0.140. The number of likely N-dealkylation sites (tertiary alicyclic amines) is 1. The number of amides is 2. The van der Waals surface area contributed by atoms with Crippen molar-refractivity contribution in [3.63, 3.8) is 0 Å². The number of halogens is 1. The molecule has 0 spiro atoms. The molecule has 3 rings (SSSR count). The van der Waals surface area contributed by atoms with E-state index in [0.717, 1.165) is 11.0 Å². The van der Waals surface area contributed by atoms with Crippen LogP contribution in [0.5, 0.6) is 0 Å². The van der Waals surface area contributed by atoms with E-state index in [-0.39, 0.29) is 41.3 Å². The van der Waals surface area contributed by atoms with Crippen LogP contribution in [0.15, 0.2) is 30.4 Å². The highest BCUT2D eigenvalue weighted by Gasteiger charge is 2.47. The number of carbonyl (C=O) groups is 2. The fraction of sp³-hybridized carbons (Fsp3) is 0.312. The summed E-state index contributed by atoms with van der Waals surface area (Å²) in [6.45, 7) is -0.0673. The topological polar surface area (TPSA) is 61.2 Å². The predicted molar refractivity (Wildman–Crippen MR) is 72.0 cm³/mol. The summed E-state index contributed by atoms with van der Waals surface area (Å²) in [5, 5.41) is 8.72. The van der Waals surface area contributed by atoms with Crippen molar-refractivity contribution in [3.05, 3.63) is 47.3 Å². The standard InChI is InChI=1S/C16H13FN2O2/c17-14-7-10(8-18)5-6-11(14)9-19-15(20)12-3-1-2-4-13(12)16(19)21/h1-2,5-7,12-13H,3-4,9H2. The minimum atomic E-state index is -0.567. The van der Waals surface area contributed by atoms with Gasteiger partial charge in [0.1, 0.15) is 5.82 Å². The predicted octanol–water partition coefficient (Wildman–Crippen LogP) is 2.15. The lowest BCUT2D eigenvalue weighted by Crippen LogP contribution is -2.30. The number of nitriles is 1. The van der Waals surface area contributed by atoms with Gasteiger partial charge >= 0.3 is 0 Å². The normalized spacial score (nSPS) is 24.1. The maximum atomic E-state index is 13.9. The van der Waals surface area contributed by atoms with E-state index in [2.05, 4.69) is 0 Å². The first-order valence-corrected chi connectivity index (χ1v) is 6.80. The van der Waals surface area contributed by atoms with Gasteiger partial charge < -0.3 is 0 Å². The van der Waals surface area contributed by atoms with Gasteiger partial charge in [0.25, 0.3) is 0 Å². The van der Waals surface area contributed by atoms with E-state index in [4.69, 9.17) is 5.26 Å². The van der Waals surface area contributed by atoms with E-state index < -0.39 is 5.82 Å². The van der Waals surface area contributed by atoms with E-state index in [0.29, 0.717) is 12.8 Å². The quantitative estimate of drug-likeness (QED) is 0.617. The Kier molecular flexibility index (Phi) is 3.30. The number of hydrogen-bond acceptors (Lipinski definition) is 3. The summed E-state index contributed by atoms with van der Waals surface area (Å²) in [5.74, 6) is -1.62. The molecule has 1 heterocycles. The van der Waals surface area contributed by atoms with Crippen LogP contribution in [0.3, 0.4) is 0 Å². The first kappa shape index (κ1) is 13.5. The van der Waals surface area contributed by atoms with Crippen molar-refractivity contribution in [2.45, 2.75) is 19.4 Å². The molecule has 1 aliphatic carbocycles. The van der Waals surface area contributed by atoms with Crippen LogP contribution in [-0.2, 0) is 16.1 Å². The molecule has 2 unspecified atom stereocenters. The molecule has 0 N–H and O–H groups in total. The summed E-state index contributed by atoms with van der Waals surface area (Å²) in [6, 6.07) is 5.91. The third-order valence-corrected chi connectivity index (χ3v) is 4.11. The zero-order chi connectivity index (χ0) is 15.0. The van der Waals surface area contributed by atoms with E-state index in [1.807, 2.05) is 18.2 Å². The first-order chi connectivity index (χ1) is 10.1. The molecule has 4 nitrogen and oxygen atoms in total. The van der Waals surface area contributed by atoms with Crippen LogP contribution >= 0.6 is 0 Å². The van der Waals surface area contributed by atoms with Gasteiger partial charge in [0.2, 0.25) is 11.8 Å². The number of nitrogens with zero attached hydrogens (tertiary/aromatic N) is 2. The van der Waals surface area contributed by atoms with Crippen LogP contribution in [0.1, 0.15) is 24.0 Å². The smallest absolute Gasteiger partial charge is 0.233 e. The molecule has 0 saturated carbocycles. The highest BCUT2D eigenvalue weighted by Crippen LogP contribution is 2.35. The molecule has 0 aromatic heterocycles. The Labute approximate surface area is 121 Å². The summed E-state index contributed by atoms with van der Waals surface area (Å²) < 4.78 is 13.9. The summed E-state index contributed by atoms with van der Waals surface area (Å²) >= 11 is 0. The molecule has 5 heteroatoms.